The van der Waals surface area contributed by atoms with Crippen molar-refractivity contribution in [1.82, 2.24) is 0 Å². The molecule has 104 valence electrons. The van der Waals surface area contributed by atoms with Crippen molar-refractivity contribution in [2.45, 2.75) is 13.3 Å². The summed E-state index contributed by atoms with van der Waals surface area (Å²) in [6, 6.07) is 6.83. The molecule has 0 spiro atoms. The first kappa shape index (κ1) is 15.3. The van der Waals surface area contributed by atoms with E-state index in [0.29, 0.717) is 0 Å². The number of ketones is 1. The second-order valence-corrected chi connectivity index (χ2v) is 3.87. The van der Waals surface area contributed by atoms with E-state index in [9.17, 15) is 19.7 Å². The van der Waals surface area contributed by atoms with Crippen LogP contribution in [0.3, 0.4) is 0 Å². The summed E-state index contributed by atoms with van der Waals surface area (Å²) in [6.07, 6.45) is -0.365. The van der Waals surface area contributed by atoms with Crippen molar-refractivity contribution in [1.29, 1.82) is 5.26 Å². The number of carbonyl (C=O) groups is 2. The molecule has 0 fully saturated rings. The minimum absolute atomic E-state index is 0.0868. The van der Waals surface area contributed by atoms with Gasteiger partial charge < -0.3 is 4.74 Å². The summed E-state index contributed by atoms with van der Waals surface area (Å²) in [5, 5.41) is 19.5. The van der Waals surface area contributed by atoms with Crippen LogP contribution < -0.4 is 0 Å². The minimum Gasteiger partial charge on any atom is -0.465 e. The molecule has 0 aliphatic heterocycles. The number of ether oxygens (including phenoxy) is 1. The molecule has 0 radical (unpaired) electrons. The number of nitro benzene ring substituents is 1. The Labute approximate surface area is 114 Å². The van der Waals surface area contributed by atoms with Crippen molar-refractivity contribution in [2.75, 3.05) is 6.61 Å². The number of carbonyl (C=O) groups excluding carboxylic acids is 2. The minimum atomic E-state index is -1.21. The fourth-order valence-electron chi connectivity index (χ4n) is 1.52. The zero-order valence-electron chi connectivity index (χ0n) is 10.7. The standard InChI is InChI=1S/C13H12N2O5/c1-2-20-13(17)10(8-14)7-12(16)9-4-3-5-11(6-9)15(18)19/h3-6,10H,2,7H2,1H3. The van der Waals surface area contributed by atoms with Crippen LogP contribution in [0.1, 0.15) is 23.7 Å². The summed E-state index contributed by atoms with van der Waals surface area (Å²) in [6.45, 7) is 1.71. The van der Waals surface area contributed by atoms with E-state index in [-0.39, 0.29) is 24.3 Å². The first-order chi connectivity index (χ1) is 9.49. The molecule has 0 aromatic heterocycles. The van der Waals surface area contributed by atoms with Gasteiger partial charge in [-0.15, -0.1) is 0 Å². The Morgan fingerprint density at radius 1 is 1.50 bits per heavy atom. The number of hydrogen-bond acceptors (Lipinski definition) is 6. The third kappa shape index (κ3) is 3.88. The monoisotopic (exact) mass is 276 g/mol. The molecule has 7 nitrogen and oxygen atoms in total. The van der Waals surface area contributed by atoms with Gasteiger partial charge in [-0.2, -0.15) is 5.26 Å². The Bertz CT molecular complexity index is 576. The van der Waals surface area contributed by atoms with Gasteiger partial charge in [0.1, 0.15) is 0 Å². The average Bonchev–Trinajstić information content (AvgIpc) is 2.44. The van der Waals surface area contributed by atoms with E-state index in [0.717, 1.165) is 6.07 Å². The fourth-order valence-corrected chi connectivity index (χ4v) is 1.52. The van der Waals surface area contributed by atoms with Crippen LogP contribution in [0.25, 0.3) is 0 Å². The highest BCUT2D eigenvalue weighted by molar-refractivity contribution is 5.99. The Morgan fingerprint density at radius 2 is 2.20 bits per heavy atom. The van der Waals surface area contributed by atoms with Crippen LogP contribution in [0.2, 0.25) is 0 Å². The zero-order chi connectivity index (χ0) is 15.1. The maximum absolute atomic E-state index is 11.9. The molecule has 1 unspecified atom stereocenters. The summed E-state index contributed by atoms with van der Waals surface area (Å²) in [5.74, 6) is -2.50. The van der Waals surface area contributed by atoms with Gasteiger partial charge in [0.15, 0.2) is 11.7 Å². The van der Waals surface area contributed by atoms with Crippen molar-refractivity contribution in [3.63, 3.8) is 0 Å². The quantitative estimate of drug-likeness (QED) is 0.339. The van der Waals surface area contributed by atoms with E-state index in [1.165, 1.54) is 18.2 Å². The van der Waals surface area contributed by atoms with Gasteiger partial charge in [0, 0.05) is 24.1 Å². The zero-order valence-corrected chi connectivity index (χ0v) is 10.7. The summed E-state index contributed by atoms with van der Waals surface area (Å²) in [4.78, 5) is 33.3. The number of benzene rings is 1. The van der Waals surface area contributed by atoms with Gasteiger partial charge >= 0.3 is 5.97 Å². The molecule has 1 atom stereocenters. The predicted octanol–water partition coefficient (Wildman–Crippen LogP) is 1.87. The van der Waals surface area contributed by atoms with Crippen molar-refractivity contribution < 1.29 is 19.2 Å². The second kappa shape index (κ2) is 6.99. The molecule has 7 heteroatoms. The lowest BCUT2D eigenvalue weighted by Gasteiger charge is -2.07. The van der Waals surface area contributed by atoms with Gasteiger partial charge in [-0.05, 0) is 6.92 Å². The fraction of sp³-hybridized carbons (Fsp3) is 0.308. The van der Waals surface area contributed by atoms with Crippen molar-refractivity contribution >= 4 is 17.4 Å². The molecule has 0 aliphatic carbocycles. The molecular formula is C13H12N2O5. The van der Waals surface area contributed by atoms with Crippen LogP contribution in [-0.2, 0) is 9.53 Å². The molecule has 0 saturated heterocycles. The number of esters is 1. The van der Waals surface area contributed by atoms with E-state index in [1.54, 1.807) is 13.0 Å². The number of Topliss-reactive ketones (excluding diaryl/α,β-unsaturated/α-hetero) is 1. The highest BCUT2D eigenvalue weighted by atomic mass is 16.6. The molecule has 1 aromatic carbocycles. The van der Waals surface area contributed by atoms with Crippen molar-refractivity contribution in [3.8, 4) is 6.07 Å². The lowest BCUT2D eigenvalue weighted by molar-refractivity contribution is -0.384. The van der Waals surface area contributed by atoms with Gasteiger partial charge in [0.05, 0.1) is 17.6 Å². The van der Waals surface area contributed by atoms with Gasteiger partial charge in [-0.1, -0.05) is 12.1 Å². The third-order valence-electron chi connectivity index (χ3n) is 2.50. The average molecular weight is 276 g/mol. The maximum atomic E-state index is 11.9. The van der Waals surface area contributed by atoms with E-state index in [4.69, 9.17) is 5.26 Å². The summed E-state index contributed by atoms with van der Waals surface area (Å²) in [5.41, 5.74) is -0.135. The molecule has 1 rings (SSSR count). The van der Waals surface area contributed by atoms with Gasteiger partial charge in [0.2, 0.25) is 0 Å². The molecule has 0 N–H and O–H groups in total. The normalized spacial score (nSPS) is 11.2. The highest BCUT2D eigenvalue weighted by Crippen LogP contribution is 2.17. The largest absolute Gasteiger partial charge is 0.465 e. The first-order valence-electron chi connectivity index (χ1n) is 5.83. The topological polar surface area (TPSA) is 110 Å². The second-order valence-electron chi connectivity index (χ2n) is 3.87. The summed E-state index contributed by atoms with van der Waals surface area (Å²) >= 11 is 0. The van der Waals surface area contributed by atoms with Gasteiger partial charge in [0.25, 0.3) is 5.69 Å². The highest BCUT2D eigenvalue weighted by Gasteiger charge is 2.24. The molecule has 0 amide bonds. The van der Waals surface area contributed by atoms with Crippen LogP contribution in [0.5, 0.6) is 0 Å². The van der Waals surface area contributed by atoms with Crippen molar-refractivity contribution in [2.24, 2.45) is 5.92 Å². The van der Waals surface area contributed by atoms with Crippen LogP contribution in [0.4, 0.5) is 5.69 Å². The van der Waals surface area contributed by atoms with E-state index >= 15 is 0 Å². The number of nitrogens with zero attached hydrogens (tertiary/aromatic N) is 2. The van der Waals surface area contributed by atoms with E-state index in [1.807, 2.05) is 0 Å². The van der Waals surface area contributed by atoms with E-state index in [2.05, 4.69) is 4.74 Å². The molecule has 0 heterocycles. The third-order valence-corrected chi connectivity index (χ3v) is 2.50. The Kier molecular flexibility index (Phi) is 5.35. The molecular weight excluding hydrogens is 264 g/mol. The van der Waals surface area contributed by atoms with Gasteiger partial charge in [-0.25, -0.2) is 0 Å². The molecule has 0 saturated carbocycles. The number of rotatable bonds is 6. The summed E-state index contributed by atoms with van der Waals surface area (Å²) < 4.78 is 4.67. The summed E-state index contributed by atoms with van der Waals surface area (Å²) in [7, 11) is 0. The molecule has 20 heavy (non-hydrogen) atoms. The van der Waals surface area contributed by atoms with Crippen LogP contribution in [0.15, 0.2) is 24.3 Å². The van der Waals surface area contributed by atoms with Crippen LogP contribution >= 0.6 is 0 Å². The van der Waals surface area contributed by atoms with Crippen LogP contribution in [0, 0.1) is 27.4 Å². The molecule has 0 bridgehead atoms. The molecule has 1 aromatic rings. The number of nitriles is 1. The predicted molar refractivity (Wildman–Crippen MR) is 67.8 cm³/mol. The Balaban J connectivity index is 2.85. The van der Waals surface area contributed by atoms with Crippen LogP contribution in [-0.4, -0.2) is 23.3 Å². The maximum Gasteiger partial charge on any atom is 0.323 e. The Morgan fingerprint density at radius 3 is 2.75 bits per heavy atom. The number of non-ortho nitro benzene ring substituents is 1. The number of hydrogen-bond donors (Lipinski definition) is 0. The SMILES string of the molecule is CCOC(=O)C(C#N)CC(=O)c1cccc([N+](=O)[O-])c1. The van der Waals surface area contributed by atoms with Gasteiger partial charge in [-0.3, -0.25) is 19.7 Å². The van der Waals surface area contributed by atoms with E-state index < -0.39 is 22.6 Å². The smallest absolute Gasteiger partial charge is 0.323 e. The first-order valence-corrected chi connectivity index (χ1v) is 5.83. The molecule has 0 aliphatic rings. The lowest BCUT2D eigenvalue weighted by atomic mass is 9.99. The van der Waals surface area contributed by atoms with Crippen molar-refractivity contribution in [3.05, 3.63) is 39.9 Å². The lowest BCUT2D eigenvalue weighted by Crippen LogP contribution is -2.19. The Hall–Kier alpha value is -2.75. The number of nitro groups is 1.